The molecule has 0 amide bonds. The van der Waals surface area contributed by atoms with Crippen LogP contribution in [0, 0.1) is 5.82 Å². The Morgan fingerprint density at radius 3 is 2.94 bits per heavy atom. The first-order valence-electron chi connectivity index (χ1n) is 5.78. The van der Waals surface area contributed by atoms with E-state index < -0.39 is 0 Å². The zero-order chi connectivity index (χ0) is 12.4. The molecule has 2 rings (SSSR count). The van der Waals surface area contributed by atoms with Crippen molar-refractivity contribution in [3.63, 3.8) is 0 Å². The van der Waals surface area contributed by atoms with Crippen LogP contribution >= 0.6 is 11.6 Å². The summed E-state index contributed by atoms with van der Waals surface area (Å²) in [6, 6.07) is 5.52. The highest BCUT2D eigenvalue weighted by atomic mass is 35.5. The van der Waals surface area contributed by atoms with Gasteiger partial charge in [-0.1, -0.05) is 17.7 Å². The molecule has 3 nitrogen and oxygen atoms in total. The quantitative estimate of drug-likeness (QED) is 0.778. The Balaban J connectivity index is 2.02. The van der Waals surface area contributed by atoms with Crippen LogP contribution in [0.25, 0.3) is 0 Å². The van der Waals surface area contributed by atoms with Crippen molar-refractivity contribution in [2.75, 3.05) is 0 Å². The summed E-state index contributed by atoms with van der Waals surface area (Å²) in [5.74, 6) is -0.381. The van der Waals surface area contributed by atoms with Crippen molar-refractivity contribution >= 4 is 11.6 Å². The molecule has 1 saturated heterocycles. The third-order valence-corrected chi connectivity index (χ3v) is 3.27. The van der Waals surface area contributed by atoms with Crippen LogP contribution in [0.5, 0.6) is 0 Å². The lowest BCUT2D eigenvalue weighted by Crippen LogP contribution is -2.34. The van der Waals surface area contributed by atoms with Crippen molar-refractivity contribution < 1.29 is 4.39 Å². The molecule has 1 aliphatic heterocycles. The van der Waals surface area contributed by atoms with Crippen LogP contribution in [0.4, 0.5) is 4.39 Å². The topological polar surface area (TPSA) is 50.1 Å². The summed E-state index contributed by atoms with van der Waals surface area (Å²) in [4.78, 5) is 0. The zero-order valence-corrected chi connectivity index (χ0v) is 10.5. The summed E-state index contributed by atoms with van der Waals surface area (Å²) >= 11 is 5.77. The average Bonchev–Trinajstić information content (AvgIpc) is 2.69. The van der Waals surface area contributed by atoms with Gasteiger partial charge in [0.15, 0.2) is 0 Å². The van der Waals surface area contributed by atoms with Gasteiger partial charge in [-0.2, -0.15) is 0 Å². The van der Waals surface area contributed by atoms with Crippen LogP contribution in [-0.2, 0) is 0 Å². The van der Waals surface area contributed by atoms with Gasteiger partial charge in [0.25, 0.3) is 0 Å². The Hall–Kier alpha value is -0.680. The molecule has 0 bridgehead atoms. The molecular weight excluding hydrogens is 241 g/mol. The van der Waals surface area contributed by atoms with Crippen LogP contribution < -0.4 is 16.6 Å². The Morgan fingerprint density at radius 1 is 1.53 bits per heavy atom. The molecule has 1 aromatic rings. The molecule has 0 aromatic heterocycles. The molecule has 3 unspecified atom stereocenters. The molecule has 3 atom stereocenters. The average molecular weight is 258 g/mol. The maximum Gasteiger partial charge on any atom is 0.141 e. The minimum absolute atomic E-state index is 0.164. The molecule has 1 aliphatic rings. The fourth-order valence-electron chi connectivity index (χ4n) is 2.17. The van der Waals surface area contributed by atoms with Crippen LogP contribution in [-0.4, -0.2) is 12.1 Å². The highest BCUT2D eigenvalue weighted by Gasteiger charge is 2.25. The molecule has 17 heavy (non-hydrogen) atoms. The van der Waals surface area contributed by atoms with Crippen molar-refractivity contribution in [1.29, 1.82) is 0 Å². The van der Waals surface area contributed by atoms with Crippen molar-refractivity contribution in [2.24, 2.45) is 5.73 Å². The van der Waals surface area contributed by atoms with Gasteiger partial charge in [-0.15, -0.1) is 0 Å². The molecule has 0 saturated carbocycles. The summed E-state index contributed by atoms with van der Waals surface area (Å²) in [5, 5.41) is 0.167. The van der Waals surface area contributed by atoms with E-state index >= 15 is 0 Å². The minimum atomic E-state index is -0.381. The van der Waals surface area contributed by atoms with Crippen molar-refractivity contribution in [1.82, 2.24) is 10.9 Å². The maximum atomic E-state index is 13.0. The van der Waals surface area contributed by atoms with Crippen LogP contribution in [0.1, 0.15) is 31.4 Å². The van der Waals surface area contributed by atoms with Gasteiger partial charge in [-0.05, 0) is 37.5 Å². The smallest absolute Gasteiger partial charge is 0.141 e. The van der Waals surface area contributed by atoms with Gasteiger partial charge >= 0.3 is 0 Å². The van der Waals surface area contributed by atoms with Crippen molar-refractivity contribution in [3.05, 3.63) is 34.6 Å². The van der Waals surface area contributed by atoms with E-state index in [0.29, 0.717) is 6.04 Å². The van der Waals surface area contributed by atoms with Gasteiger partial charge in [-0.25, -0.2) is 4.39 Å². The first-order chi connectivity index (χ1) is 8.06. The van der Waals surface area contributed by atoms with Gasteiger partial charge in [0, 0.05) is 18.1 Å². The van der Waals surface area contributed by atoms with E-state index in [0.717, 1.165) is 18.4 Å². The fourth-order valence-corrected chi connectivity index (χ4v) is 2.36. The van der Waals surface area contributed by atoms with E-state index in [1.54, 1.807) is 12.1 Å². The lowest BCUT2D eigenvalue weighted by atomic mass is 9.99. The number of benzene rings is 1. The lowest BCUT2D eigenvalue weighted by molar-refractivity contribution is 0.481. The van der Waals surface area contributed by atoms with Gasteiger partial charge in [0.2, 0.25) is 0 Å². The number of rotatable bonds is 3. The summed E-state index contributed by atoms with van der Waals surface area (Å²) in [6.07, 6.45) is 1.85. The molecule has 0 spiro atoms. The van der Waals surface area contributed by atoms with Crippen LogP contribution in [0.2, 0.25) is 5.02 Å². The molecule has 1 aromatic carbocycles. The number of nitrogens with two attached hydrogens (primary N) is 1. The molecule has 1 fully saturated rings. The normalized spacial score (nSPS) is 26.1. The summed E-state index contributed by atoms with van der Waals surface area (Å²) in [5.41, 5.74) is 13.2. The Morgan fingerprint density at radius 2 is 2.29 bits per heavy atom. The van der Waals surface area contributed by atoms with Crippen LogP contribution in [0.15, 0.2) is 18.2 Å². The Kier molecular flexibility index (Phi) is 3.99. The van der Waals surface area contributed by atoms with Gasteiger partial charge in [-0.3, -0.25) is 10.9 Å². The first-order valence-corrected chi connectivity index (χ1v) is 6.15. The van der Waals surface area contributed by atoms with Crippen molar-refractivity contribution in [3.8, 4) is 0 Å². The molecule has 4 N–H and O–H groups in total. The number of hydrogen-bond acceptors (Lipinski definition) is 3. The summed E-state index contributed by atoms with van der Waals surface area (Å²) < 4.78 is 13.0. The second kappa shape index (κ2) is 5.31. The van der Waals surface area contributed by atoms with Gasteiger partial charge in [0.1, 0.15) is 5.82 Å². The van der Waals surface area contributed by atoms with E-state index in [1.165, 1.54) is 6.07 Å². The standard InChI is InChI=1S/C12H17ClFN3/c1-7(15)4-9-6-12(17-16-9)8-2-3-11(14)10(13)5-8/h2-3,5,7,9,12,16-17H,4,6,15H2,1H3. The number of nitrogens with one attached hydrogen (secondary N) is 2. The molecule has 0 radical (unpaired) electrons. The van der Waals surface area contributed by atoms with Crippen molar-refractivity contribution in [2.45, 2.75) is 37.9 Å². The second-order valence-corrected chi connectivity index (χ2v) is 5.07. The first kappa shape index (κ1) is 12.8. The molecular formula is C12H17ClFN3. The molecule has 1 heterocycles. The molecule has 5 heteroatoms. The monoisotopic (exact) mass is 257 g/mol. The fraction of sp³-hybridized carbons (Fsp3) is 0.500. The number of hydrogen-bond donors (Lipinski definition) is 3. The second-order valence-electron chi connectivity index (χ2n) is 4.66. The highest BCUT2D eigenvalue weighted by molar-refractivity contribution is 6.30. The third-order valence-electron chi connectivity index (χ3n) is 2.98. The number of hydrazine groups is 1. The number of halogens is 2. The van der Waals surface area contributed by atoms with Gasteiger partial charge in [0.05, 0.1) is 5.02 Å². The highest BCUT2D eigenvalue weighted by Crippen LogP contribution is 2.27. The van der Waals surface area contributed by atoms with E-state index in [1.807, 2.05) is 6.92 Å². The van der Waals surface area contributed by atoms with E-state index in [4.69, 9.17) is 17.3 Å². The minimum Gasteiger partial charge on any atom is -0.328 e. The largest absolute Gasteiger partial charge is 0.328 e. The third kappa shape index (κ3) is 3.16. The molecule has 0 aliphatic carbocycles. The predicted octanol–water partition coefficient (Wildman–Crippen LogP) is 2.12. The van der Waals surface area contributed by atoms with E-state index in [2.05, 4.69) is 10.9 Å². The summed E-state index contributed by atoms with van der Waals surface area (Å²) in [7, 11) is 0. The summed E-state index contributed by atoms with van der Waals surface area (Å²) in [6.45, 7) is 1.99. The van der Waals surface area contributed by atoms with Crippen LogP contribution in [0.3, 0.4) is 0 Å². The Labute approximate surface area is 105 Å². The zero-order valence-electron chi connectivity index (χ0n) is 9.71. The predicted molar refractivity (Wildman–Crippen MR) is 67.1 cm³/mol. The SMILES string of the molecule is CC(N)CC1CC(c2ccc(F)c(Cl)c2)NN1. The van der Waals surface area contributed by atoms with E-state index in [-0.39, 0.29) is 22.9 Å². The molecule has 94 valence electrons. The lowest BCUT2D eigenvalue weighted by Gasteiger charge is -2.12. The van der Waals surface area contributed by atoms with Gasteiger partial charge < -0.3 is 5.73 Å². The maximum absolute atomic E-state index is 13.0. The van der Waals surface area contributed by atoms with E-state index in [9.17, 15) is 4.39 Å². The Bertz CT molecular complexity index is 397.